The summed E-state index contributed by atoms with van der Waals surface area (Å²) in [5, 5.41) is 0. The van der Waals surface area contributed by atoms with Gasteiger partial charge in [-0.2, -0.15) is 0 Å². The fraction of sp³-hybridized carbons (Fsp3) is 0.462. The minimum absolute atomic E-state index is 0.0107. The Morgan fingerprint density at radius 1 is 1.44 bits per heavy atom. The van der Waals surface area contributed by atoms with Crippen molar-refractivity contribution < 1.29 is 14.3 Å². The maximum Gasteiger partial charge on any atom is 0.154 e. The Morgan fingerprint density at radius 3 is 2.78 bits per heavy atom. The number of methoxy groups -OCH3 is 2. The topological polar surface area (TPSA) is 61.5 Å². The highest BCUT2D eigenvalue weighted by Crippen LogP contribution is 2.23. The standard InChI is InChI=1S/C13H18BrNO3/c1-17-6-5-11(15)12(16)8-9-7-10(14)3-4-13(9)18-2/h3-4,7,11H,5-6,8,15H2,1-2H3. The van der Waals surface area contributed by atoms with Crippen molar-refractivity contribution >= 4 is 21.7 Å². The lowest BCUT2D eigenvalue weighted by Crippen LogP contribution is -2.33. The van der Waals surface area contributed by atoms with Crippen LogP contribution in [0.4, 0.5) is 0 Å². The largest absolute Gasteiger partial charge is 0.496 e. The van der Waals surface area contributed by atoms with E-state index in [1.54, 1.807) is 14.2 Å². The number of carbonyl (C=O) groups is 1. The van der Waals surface area contributed by atoms with E-state index in [1.807, 2.05) is 18.2 Å². The molecule has 0 saturated carbocycles. The third-order valence-corrected chi connectivity index (χ3v) is 3.15. The molecule has 0 aliphatic rings. The lowest BCUT2D eigenvalue weighted by atomic mass is 10.0. The molecule has 5 heteroatoms. The van der Waals surface area contributed by atoms with Crippen molar-refractivity contribution in [2.24, 2.45) is 5.73 Å². The van der Waals surface area contributed by atoms with E-state index in [4.69, 9.17) is 15.2 Å². The molecule has 1 aromatic rings. The number of carbonyl (C=O) groups excluding carboxylic acids is 1. The van der Waals surface area contributed by atoms with Crippen molar-refractivity contribution in [2.75, 3.05) is 20.8 Å². The molecule has 0 radical (unpaired) electrons. The van der Waals surface area contributed by atoms with Crippen LogP contribution in [0.2, 0.25) is 0 Å². The molecule has 1 aromatic carbocycles. The van der Waals surface area contributed by atoms with E-state index >= 15 is 0 Å². The molecule has 4 nitrogen and oxygen atoms in total. The summed E-state index contributed by atoms with van der Waals surface area (Å²) in [4.78, 5) is 11.9. The van der Waals surface area contributed by atoms with E-state index in [0.29, 0.717) is 18.8 Å². The normalized spacial score (nSPS) is 12.2. The zero-order valence-corrected chi connectivity index (χ0v) is 12.2. The van der Waals surface area contributed by atoms with Gasteiger partial charge in [0.25, 0.3) is 0 Å². The van der Waals surface area contributed by atoms with Crippen molar-refractivity contribution in [3.63, 3.8) is 0 Å². The molecule has 0 aliphatic heterocycles. The predicted octanol–water partition coefficient (Wildman–Crippen LogP) is 1.93. The number of nitrogens with two attached hydrogens (primary N) is 1. The van der Waals surface area contributed by atoms with Crippen LogP contribution in [0.15, 0.2) is 22.7 Å². The minimum atomic E-state index is -0.492. The first-order chi connectivity index (χ1) is 8.58. The predicted molar refractivity (Wildman–Crippen MR) is 73.9 cm³/mol. The van der Waals surface area contributed by atoms with Crippen molar-refractivity contribution in [1.29, 1.82) is 0 Å². The number of hydrogen-bond acceptors (Lipinski definition) is 4. The minimum Gasteiger partial charge on any atom is -0.496 e. The molecule has 18 heavy (non-hydrogen) atoms. The molecule has 2 N–H and O–H groups in total. The van der Waals surface area contributed by atoms with Gasteiger partial charge in [0.15, 0.2) is 5.78 Å². The smallest absolute Gasteiger partial charge is 0.154 e. The summed E-state index contributed by atoms with van der Waals surface area (Å²) >= 11 is 3.38. The Balaban J connectivity index is 2.71. The average Bonchev–Trinajstić information content (AvgIpc) is 2.36. The number of Topliss-reactive ketones (excluding diaryl/α,β-unsaturated/α-hetero) is 1. The molecule has 0 bridgehead atoms. The van der Waals surface area contributed by atoms with Crippen LogP contribution in [-0.4, -0.2) is 32.7 Å². The van der Waals surface area contributed by atoms with Crippen molar-refractivity contribution in [2.45, 2.75) is 18.9 Å². The average molecular weight is 316 g/mol. The van der Waals surface area contributed by atoms with Crippen LogP contribution >= 0.6 is 15.9 Å². The van der Waals surface area contributed by atoms with Gasteiger partial charge in [-0.15, -0.1) is 0 Å². The maximum absolute atomic E-state index is 11.9. The summed E-state index contributed by atoms with van der Waals surface area (Å²) in [6, 6.07) is 5.08. The van der Waals surface area contributed by atoms with E-state index in [-0.39, 0.29) is 12.2 Å². The Bertz CT molecular complexity index is 409. The van der Waals surface area contributed by atoms with Gasteiger partial charge in [0, 0.05) is 30.2 Å². The molecule has 0 amide bonds. The SMILES string of the molecule is COCCC(N)C(=O)Cc1cc(Br)ccc1OC. The summed E-state index contributed by atoms with van der Waals surface area (Å²) in [6.45, 7) is 0.489. The van der Waals surface area contributed by atoms with Crippen LogP contribution in [0.25, 0.3) is 0 Å². The summed E-state index contributed by atoms with van der Waals surface area (Å²) in [5.41, 5.74) is 6.64. The molecule has 0 aromatic heterocycles. The molecule has 0 spiro atoms. The highest BCUT2D eigenvalue weighted by molar-refractivity contribution is 9.10. The highest BCUT2D eigenvalue weighted by Gasteiger charge is 2.16. The molecule has 100 valence electrons. The zero-order valence-electron chi connectivity index (χ0n) is 10.6. The summed E-state index contributed by atoms with van der Waals surface area (Å²) in [7, 11) is 3.18. The number of rotatable bonds is 7. The first-order valence-electron chi connectivity index (χ1n) is 5.68. The Kier molecular flexibility index (Phi) is 6.32. The van der Waals surface area contributed by atoms with E-state index in [1.165, 1.54) is 0 Å². The Hall–Kier alpha value is -0.910. The quantitative estimate of drug-likeness (QED) is 0.835. The third-order valence-electron chi connectivity index (χ3n) is 2.65. The van der Waals surface area contributed by atoms with Crippen molar-refractivity contribution in [3.8, 4) is 5.75 Å². The molecule has 0 fully saturated rings. The van der Waals surface area contributed by atoms with Crippen molar-refractivity contribution in [1.82, 2.24) is 0 Å². The van der Waals surface area contributed by atoms with Gasteiger partial charge in [-0.25, -0.2) is 0 Å². The van der Waals surface area contributed by atoms with Gasteiger partial charge >= 0.3 is 0 Å². The van der Waals surface area contributed by atoms with Crippen LogP contribution in [0.1, 0.15) is 12.0 Å². The van der Waals surface area contributed by atoms with Gasteiger partial charge in [-0.3, -0.25) is 4.79 Å². The number of ether oxygens (including phenoxy) is 2. The lowest BCUT2D eigenvalue weighted by Gasteiger charge is -2.12. The monoisotopic (exact) mass is 315 g/mol. The molecular formula is C13H18BrNO3. The molecule has 1 unspecified atom stereocenters. The van der Waals surface area contributed by atoms with Gasteiger partial charge < -0.3 is 15.2 Å². The van der Waals surface area contributed by atoms with Crippen LogP contribution in [0.5, 0.6) is 5.75 Å². The second kappa shape index (κ2) is 7.51. The van der Waals surface area contributed by atoms with Gasteiger partial charge in [-0.05, 0) is 24.6 Å². The molecule has 0 saturated heterocycles. The number of benzene rings is 1. The van der Waals surface area contributed by atoms with Crippen LogP contribution in [-0.2, 0) is 16.0 Å². The second-order valence-electron chi connectivity index (χ2n) is 3.99. The van der Waals surface area contributed by atoms with Crippen LogP contribution in [0.3, 0.4) is 0 Å². The second-order valence-corrected chi connectivity index (χ2v) is 4.90. The molecule has 0 heterocycles. The maximum atomic E-state index is 11.9. The summed E-state index contributed by atoms with van der Waals surface area (Å²) in [5.74, 6) is 0.689. The fourth-order valence-corrected chi connectivity index (χ4v) is 2.02. The van der Waals surface area contributed by atoms with Crippen molar-refractivity contribution in [3.05, 3.63) is 28.2 Å². The summed E-state index contributed by atoms with van der Waals surface area (Å²) < 4.78 is 11.0. The van der Waals surface area contributed by atoms with E-state index < -0.39 is 6.04 Å². The Labute approximate surface area is 116 Å². The number of ketones is 1. The first-order valence-corrected chi connectivity index (χ1v) is 6.47. The van der Waals surface area contributed by atoms with Crippen LogP contribution in [0, 0.1) is 0 Å². The lowest BCUT2D eigenvalue weighted by molar-refractivity contribution is -0.120. The van der Waals surface area contributed by atoms with Gasteiger partial charge in [0.2, 0.25) is 0 Å². The van der Waals surface area contributed by atoms with Gasteiger partial charge in [0.05, 0.1) is 13.2 Å². The Morgan fingerprint density at radius 2 is 2.17 bits per heavy atom. The van der Waals surface area contributed by atoms with Crippen LogP contribution < -0.4 is 10.5 Å². The zero-order chi connectivity index (χ0) is 13.5. The number of halogens is 1. The first kappa shape index (κ1) is 15.1. The molecule has 0 aliphatic carbocycles. The van der Waals surface area contributed by atoms with Gasteiger partial charge in [0.1, 0.15) is 5.75 Å². The molecule has 1 atom stereocenters. The summed E-state index contributed by atoms with van der Waals surface area (Å²) in [6.07, 6.45) is 0.805. The van der Waals surface area contributed by atoms with E-state index in [0.717, 1.165) is 10.0 Å². The van der Waals surface area contributed by atoms with Gasteiger partial charge in [-0.1, -0.05) is 15.9 Å². The fourth-order valence-electron chi connectivity index (χ4n) is 1.61. The third kappa shape index (κ3) is 4.40. The van der Waals surface area contributed by atoms with E-state index in [9.17, 15) is 4.79 Å². The molecular weight excluding hydrogens is 298 g/mol. The highest BCUT2D eigenvalue weighted by atomic mass is 79.9. The molecule has 1 rings (SSSR count). The van der Waals surface area contributed by atoms with E-state index in [2.05, 4.69) is 15.9 Å². The number of hydrogen-bond donors (Lipinski definition) is 1.